The average molecular weight is 541 g/mol. The first kappa shape index (κ1) is 36.9. The van der Waals surface area contributed by atoms with E-state index in [2.05, 4.69) is 13.8 Å². The fourth-order valence-electron chi connectivity index (χ4n) is 5.25. The van der Waals surface area contributed by atoms with Gasteiger partial charge in [0.05, 0.1) is 0 Å². The van der Waals surface area contributed by atoms with E-state index in [1.54, 1.807) is 16.5 Å². The average Bonchev–Trinajstić information content (AvgIpc) is 2.89. The maximum Gasteiger partial charge on any atom is -0.0242 e. The zero-order valence-electron chi connectivity index (χ0n) is 25.5. The van der Waals surface area contributed by atoms with Gasteiger partial charge in [-0.15, -0.1) is 0 Å². The maximum atomic E-state index is 2.31. The Kier molecular flexibility index (Phi) is 36.7. The SMILES string of the molecule is CCCCCCCCCCCCCCCCC[P][P]CCCCCCCCCCCCCCCCC. The Morgan fingerprint density at radius 1 is 0.222 bits per heavy atom. The van der Waals surface area contributed by atoms with Gasteiger partial charge >= 0.3 is 0 Å². The van der Waals surface area contributed by atoms with Crippen LogP contribution < -0.4 is 0 Å². The molecule has 0 heterocycles. The van der Waals surface area contributed by atoms with Crippen molar-refractivity contribution < 1.29 is 0 Å². The highest BCUT2D eigenvalue weighted by molar-refractivity contribution is 8.11. The molecule has 0 nitrogen and oxygen atoms in total. The van der Waals surface area contributed by atoms with Gasteiger partial charge in [0, 0.05) is 0 Å². The Bertz CT molecular complexity index is 323. The second kappa shape index (κ2) is 35.9. The molecule has 0 bridgehead atoms. The second-order valence-corrected chi connectivity index (χ2v) is 14.8. The normalized spacial score (nSPS) is 12.2. The minimum absolute atomic E-state index is 1.37. The highest BCUT2D eigenvalue weighted by Crippen LogP contribution is 2.38. The van der Waals surface area contributed by atoms with Gasteiger partial charge < -0.3 is 0 Å². The predicted octanol–water partition coefficient (Wildman–Crippen LogP) is 14.5. The number of hydrogen-bond donors (Lipinski definition) is 0. The van der Waals surface area contributed by atoms with Crippen molar-refractivity contribution in [3.05, 3.63) is 0 Å². The summed E-state index contributed by atoms with van der Waals surface area (Å²) >= 11 is 0. The Labute approximate surface area is 235 Å². The van der Waals surface area contributed by atoms with Crippen molar-refractivity contribution in [1.82, 2.24) is 0 Å². The lowest BCUT2D eigenvalue weighted by Gasteiger charge is -2.04. The molecule has 0 N–H and O–H groups in total. The van der Waals surface area contributed by atoms with Gasteiger partial charge in [0.1, 0.15) is 0 Å². The van der Waals surface area contributed by atoms with Crippen LogP contribution in [-0.4, -0.2) is 12.3 Å². The molecule has 0 aliphatic heterocycles. The maximum absolute atomic E-state index is 2.31. The molecule has 0 aliphatic carbocycles. The van der Waals surface area contributed by atoms with E-state index in [4.69, 9.17) is 0 Å². The van der Waals surface area contributed by atoms with Gasteiger partial charge in [0.25, 0.3) is 0 Å². The molecule has 2 heteroatoms. The zero-order valence-corrected chi connectivity index (χ0v) is 27.3. The van der Waals surface area contributed by atoms with Crippen LogP contribution in [-0.2, 0) is 0 Å². The van der Waals surface area contributed by atoms with Crippen molar-refractivity contribution >= 4 is 16.5 Å². The minimum atomic E-state index is 1.37. The third-order valence-electron chi connectivity index (χ3n) is 7.82. The molecular formula is C34H70P2. The second-order valence-electron chi connectivity index (χ2n) is 11.6. The first-order valence-corrected chi connectivity index (χ1v) is 20.1. The van der Waals surface area contributed by atoms with E-state index in [1.807, 2.05) is 0 Å². The summed E-state index contributed by atoms with van der Waals surface area (Å²) in [5.74, 6) is 0. The van der Waals surface area contributed by atoms with Gasteiger partial charge in [-0.3, -0.25) is 0 Å². The van der Waals surface area contributed by atoms with Crippen LogP contribution in [0.15, 0.2) is 0 Å². The molecule has 0 rings (SSSR count). The van der Waals surface area contributed by atoms with Crippen molar-refractivity contribution in [1.29, 1.82) is 0 Å². The molecule has 0 spiro atoms. The lowest BCUT2D eigenvalue weighted by molar-refractivity contribution is 0.535. The zero-order chi connectivity index (χ0) is 26.0. The molecule has 0 saturated heterocycles. The molecule has 0 aliphatic rings. The summed E-state index contributed by atoms with van der Waals surface area (Å²) in [4.78, 5) is 0. The van der Waals surface area contributed by atoms with Gasteiger partial charge in [-0.25, -0.2) is 0 Å². The molecule has 0 aromatic heterocycles. The fourth-order valence-corrected chi connectivity index (χ4v) is 7.96. The third-order valence-corrected chi connectivity index (χ3v) is 10.9. The van der Waals surface area contributed by atoms with Crippen molar-refractivity contribution in [2.45, 2.75) is 206 Å². The van der Waals surface area contributed by atoms with Crippen molar-refractivity contribution in [3.63, 3.8) is 0 Å². The molecule has 2 radical (unpaired) electrons. The summed E-state index contributed by atoms with van der Waals surface area (Å²) < 4.78 is 0. The van der Waals surface area contributed by atoms with Gasteiger partial charge in [0.2, 0.25) is 0 Å². The topological polar surface area (TPSA) is 0 Å². The molecule has 0 unspecified atom stereocenters. The Morgan fingerprint density at radius 3 is 0.583 bits per heavy atom. The summed E-state index contributed by atoms with van der Waals surface area (Å²) in [5.41, 5.74) is 0. The molecular weight excluding hydrogens is 470 g/mol. The van der Waals surface area contributed by atoms with Gasteiger partial charge in [-0.1, -0.05) is 194 Å². The summed E-state index contributed by atoms with van der Waals surface area (Å²) in [6.07, 6.45) is 47.2. The van der Waals surface area contributed by atoms with E-state index in [9.17, 15) is 0 Å². The largest absolute Gasteiger partial charge is 0.0654 e. The molecule has 216 valence electrons. The Balaban J connectivity index is 3.00. The van der Waals surface area contributed by atoms with Crippen molar-refractivity contribution in [2.24, 2.45) is 0 Å². The molecule has 0 saturated carbocycles. The lowest BCUT2D eigenvalue weighted by Crippen LogP contribution is -1.84. The van der Waals surface area contributed by atoms with Gasteiger partial charge in [-0.05, 0) is 41.7 Å². The van der Waals surface area contributed by atoms with Crippen LogP contribution >= 0.6 is 16.5 Å². The number of hydrogen-bond acceptors (Lipinski definition) is 0. The minimum Gasteiger partial charge on any atom is -0.0654 e. The third kappa shape index (κ3) is 34.9. The van der Waals surface area contributed by atoms with E-state index in [-0.39, 0.29) is 0 Å². The molecule has 0 atom stereocenters. The lowest BCUT2D eigenvalue weighted by atomic mass is 10.0. The van der Waals surface area contributed by atoms with E-state index >= 15 is 0 Å². The molecule has 0 amide bonds. The smallest absolute Gasteiger partial charge is 0.0242 e. The van der Waals surface area contributed by atoms with Crippen LogP contribution in [0.1, 0.15) is 206 Å². The van der Waals surface area contributed by atoms with E-state index in [1.165, 1.54) is 205 Å². The van der Waals surface area contributed by atoms with Crippen LogP contribution in [0.3, 0.4) is 0 Å². The van der Waals surface area contributed by atoms with Crippen LogP contribution in [0.2, 0.25) is 0 Å². The fraction of sp³-hybridized carbons (Fsp3) is 1.00. The molecule has 0 fully saturated rings. The monoisotopic (exact) mass is 540 g/mol. The predicted molar refractivity (Wildman–Crippen MR) is 173 cm³/mol. The summed E-state index contributed by atoms with van der Waals surface area (Å²) in [6.45, 7) is 4.62. The Hall–Kier alpha value is 0.860. The van der Waals surface area contributed by atoms with Crippen LogP contribution in [0, 0.1) is 0 Å². The highest BCUT2D eigenvalue weighted by atomic mass is 32.0. The number of unbranched alkanes of at least 4 members (excludes halogenated alkanes) is 28. The van der Waals surface area contributed by atoms with Gasteiger partial charge in [0.15, 0.2) is 0 Å². The molecule has 36 heavy (non-hydrogen) atoms. The first-order valence-electron chi connectivity index (χ1n) is 17.2. The highest BCUT2D eigenvalue weighted by Gasteiger charge is 1.97. The summed E-state index contributed by atoms with van der Waals surface area (Å²) in [6, 6.07) is 0. The summed E-state index contributed by atoms with van der Waals surface area (Å²) in [7, 11) is 3.42. The van der Waals surface area contributed by atoms with Crippen molar-refractivity contribution in [3.8, 4) is 0 Å². The first-order chi connectivity index (χ1) is 17.9. The van der Waals surface area contributed by atoms with Crippen molar-refractivity contribution in [2.75, 3.05) is 12.3 Å². The number of rotatable bonds is 33. The van der Waals surface area contributed by atoms with E-state index in [0.29, 0.717) is 0 Å². The Morgan fingerprint density at radius 2 is 0.389 bits per heavy atom. The summed E-state index contributed by atoms with van der Waals surface area (Å²) in [5, 5.41) is 0. The molecule has 0 aromatic carbocycles. The van der Waals surface area contributed by atoms with E-state index < -0.39 is 0 Å². The van der Waals surface area contributed by atoms with Crippen LogP contribution in [0.5, 0.6) is 0 Å². The van der Waals surface area contributed by atoms with Crippen LogP contribution in [0.4, 0.5) is 0 Å². The van der Waals surface area contributed by atoms with Crippen LogP contribution in [0.25, 0.3) is 0 Å². The van der Waals surface area contributed by atoms with Gasteiger partial charge in [-0.2, -0.15) is 0 Å². The standard InChI is InChI=1S/C34H70P2/c1-3-5-7-9-11-13-15-17-19-21-23-25-27-29-31-33-35-36-34-32-30-28-26-24-22-20-18-16-14-12-10-8-6-4-2/h3-34H2,1-2H3. The quantitative estimate of drug-likeness (QED) is 0.0573. The van der Waals surface area contributed by atoms with E-state index in [0.717, 1.165) is 0 Å². The molecule has 0 aromatic rings.